The van der Waals surface area contributed by atoms with Crippen LogP contribution in [0.3, 0.4) is 0 Å². The highest BCUT2D eigenvalue weighted by Gasteiger charge is 2.74. The molecule has 9 heteroatoms. The number of likely N-dealkylation sites (tertiary alicyclic amines) is 1. The number of carbonyl (C=O) groups is 3. The highest BCUT2D eigenvalue weighted by Crippen LogP contribution is 2.67. The van der Waals surface area contributed by atoms with Crippen molar-refractivity contribution in [3.05, 3.63) is 85.5 Å². The lowest BCUT2D eigenvalue weighted by atomic mass is 9.71. The van der Waals surface area contributed by atoms with Crippen LogP contribution in [-0.4, -0.2) is 82.7 Å². The van der Waals surface area contributed by atoms with Gasteiger partial charge in [0.05, 0.1) is 35.8 Å². The van der Waals surface area contributed by atoms with Crippen molar-refractivity contribution >= 4 is 40.9 Å². The van der Waals surface area contributed by atoms with Crippen LogP contribution in [0.25, 0.3) is 0 Å². The fourth-order valence-electron chi connectivity index (χ4n) is 7.86. The zero-order valence-electron chi connectivity index (χ0n) is 27.8. The summed E-state index contributed by atoms with van der Waals surface area (Å²) in [4.78, 5) is 49.0. The smallest absolute Gasteiger partial charge is 0.310 e. The van der Waals surface area contributed by atoms with Crippen LogP contribution >= 0.6 is 11.8 Å². The fourth-order valence-corrected chi connectivity index (χ4v) is 10.0. The molecule has 2 aromatic carbocycles. The Hall–Kier alpha value is -3.56. The summed E-state index contributed by atoms with van der Waals surface area (Å²) in [5.74, 6) is -2.13. The maximum Gasteiger partial charge on any atom is 0.310 e. The Balaban J connectivity index is 1.52. The quantitative estimate of drug-likeness (QED) is 0.134. The summed E-state index contributed by atoms with van der Waals surface area (Å²) < 4.78 is 4.98. The van der Waals surface area contributed by atoms with Crippen molar-refractivity contribution in [2.24, 2.45) is 11.8 Å². The Morgan fingerprint density at radius 1 is 1.06 bits per heavy atom. The molecule has 8 nitrogen and oxygen atoms in total. The van der Waals surface area contributed by atoms with Gasteiger partial charge in [-0.05, 0) is 82.2 Å². The van der Waals surface area contributed by atoms with E-state index in [1.807, 2.05) is 60.7 Å². The molecular weight excluding hydrogens is 611 g/mol. The molecule has 3 fully saturated rings. The monoisotopic (exact) mass is 659 g/mol. The molecule has 1 N–H and O–H groups in total. The summed E-state index contributed by atoms with van der Waals surface area (Å²) in [6.45, 7) is 13.9. The van der Waals surface area contributed by atoms with Gasteiger partial charge < -0.3 is 24.5 Å². The van der Waals surface area contributed by atoms with Gasteiger partial charge in [-0.25, -0.2) is 0 Å². The molecule has 2 bridgehead atoms. The van der Waals surface area contributed by atoms with Crippen molar-refractivity contribution in [3.8, 4) is 0 Å². The number of allylic oxidation sites excluding steroid dienone is 1. The van der Waals surface area contributed by atoms with Crippen LogP contribution in [0.4, 0.5) is 11.4 Å². The lowest BCUT2D eigenvalue weighted by molar-refractivity contribution is -0.154. The molecule has 0 saturated carbocycles. The minimum absolute atomic E-state index is 0.0926. The fraction of sp³-hybridized carbons (Fsp3) is 0.500. The number of aliphatic hydroxyl groups excluding tert-OH is 1. The summed E-state index contributed by atoms with van der Waals surface area (Å²) in [5, 5.41) is 10.7. The average Bonchev–Trinajstić information content (AvgIpc) is 3.74. The second-order valence-corrected chi connectivity index (χ2v) is 14.3. The number of unbranched alkanes of at least 4 members (excludes halogenated alkanes) is 2. The highest BCUT2D eigenvalue weighted by atomic mass is 32.2. The van der Waals surface area contributed by atoms with Crippen molar-refractivity contribution in [2.75, 3.05) is 42.6 Å². The third kappa shape index (κ3) is 6.74. The lowest BCUT2D eigenvalue weighted by Crippen LogP contribution is -2.58. The van der Waals surface area contributed by atoms with Gasteiger partial charge in [0.25, 0.3) is 5.91 Å². The molecule has 252 valence electrons. The van der Waals surface area contributed by atoms with E-state index >= 15 is 4.79 Å². The van der Waals surface area contributed by atoms with Gasteiger partial charge >= 0.3 is 5.97 Å². The minimum atomic E-state index is -0.858. The van der Waals surface area contributed by atoms with Crippen LogP contribution in [0.2, 0.25) is 0 Å². The first-order chi connectivity index (χ1) is 22.8. The average molecular weight is 660 g/mol. The highest BCUT2D eigenvalue weighted by molar-refractivity contribution is 8.02. The first-order valence-corrected chi connectivity index (χ1v) is 17.9. The molecule has 0 aliphatic carbocycles. The summed E-state index contributed by atoms with van der Waals surface area (Å²) in [6, 6.07) is 16.2. The van der Waals surface area contributed by atoms with Gasteiger partial charge in [-0.15, -0.1) is 24.9 Å². The second kappa shape index (κ2) is 15.6. The number of aliphatic hydroxyl groups is 1. The van der Waals surface area contributed by atoms with E-state index in [1.165, 1.54) is 0 Å². The van der Waals surface area contributed by atoms with Crippen molar-refractivity contribution < 1.29 is 24.2 Å². The number of esters is 1. The normalized spacial score (nSPS) is 24.9. The van der Waals surface area contributed by atoms with E-state index in [9.17, 15) is 14.7 Å². The van der Waals surface area contributed by atoms with E-state index in [1.54, 1.807) is 27.6 Å². The molecule has 0 radical (unpaired) electrons. The molecule has 6 atom stereocenters. The summed E-state index contributed by atoms with van der Waals surface area (Å²) in [6.07, 6.45) is 7.77. The predicted octanol–water partition coefficient (Wildman–Crippen LogP) is 5.65. The van der Waals surface area contributed by atoms with Crippen LogP contribution in [0.5, 0.6) is 0 Å². The molecule has 2 aromatic rings. The Kier molecular flexibility index (Phi) is 11.5. The van der Waals surface area contributed by atoms with Crippen molar-refractivity contribution in [1.82, 2.24) is 4.90 Å². The number of thioether (sulfide) groups is 1. The first-order valence-electron chi connectivity index (χ1n) is 17.0. The Morgan fingerprint density at radius 2 is 1.77 bits per heavy atom. The molecule has 3 heterocycles. The molecule has 5 rings (SSSR count). The van der Waals surface area contributed by atoms with E-state index in [4.69, 9.17) is 4.74 Å². The Labute approximate surface area is 283 Å². The number of benzene rings is 2. The molecule has 3 aliphatic rings. The number of anilines is 2. The van der Waals surface area contributed by atoms with Crippen LogP contribution in [0.15, 0.2) is 79.9 Å². The molecule has 0 aromatic heterocycles. The van der Waals surface area contributed by atoms with E-state index < -0.39 is 28.7 Å². The van der Waals surface area contributed by atoms with E-state index in [-0.39, 0.29) is 36.2 Å². The number of carbonyl (C=O) groups excluding carboxylic acids is 3. The molecule has 3 saturated heterocycles. The topological polar surface area (TPSA) is 90.4 Å². The number of fused-ring (bicyclic) bond motifs is 1. The third-order valence-electron chi connectivity index (χ3n) is 10.1. The van der Waals surface area contributed by atoms with Crippen molar-refractivity contribution in [1.29, 1.82) is 0 Å². The molecule has 2 amide bonds. The standard InChI is InChI=1S/C38H49N3O5S/c1-5-9-10-14-24-46-37(45)32-31-21-22-38(47-31)33(32)35(43)41(30(26-42)25-27-15-12-11-13-16-27)34(38)36(44)40(23-6-2)29-19-17-28(18-20-29)39(7-3)8-4/h5-6,11-13,15-20,30-34,42H,1-2,7-10,14,21-26H2,3-4H3/t30-,31+,32-,33+,34?,38?/m1/s1. The van der Waals surface area contributed by atoms with E-state index in [2.05, 4.69) is 31.9 Å². The lowest BCUT2D eigenvalue weighted by Gasteiger charge is -2.39. The van der Waals surface area contributed by atoms with E-state index in [0.29, 0.717) is 19.4 Å². The number of rotatable bonds is 17. The SMILES string of the molecule is C=CCCCCOC(=O)[C@@H]1[C@@H]2CCC3(S2)C(C(=O)N(CC=C)c2ccc(N(CC)CC)cc2)N([C@@H](CO)Cc2ccccc2)C(=O)[C@H]13. The number of amides is 2. The molecule has 47 heavy (non-hydrogen) atoms. The van der Waals surface area contributed by atoms with Gasteiger partial charge in [-0.1, -0.05) is 42.5 Å². The Morgan fingerprint density at radius 3 is 2.40 bits per heavy atom. The number of ether oxygens (including phenoxy) is 1. The third-order valence-corrected chi connectivity index (χ3v) is 12.0. The predicted molar refractivity (Wildman–Crippen MR) is 190 cm³/mol. The van der Waals surface area contributed by atoms with Gasteiger partial charge in [0.2, 0.25) is 5.91 Å². The zero-order chi connectivity index (χ0) is 33.6. The largest absolute Gasteiger partial charge is 0.465 e. The summed E-state index contributed by atoms with van der Waals surface area (Å²) in [7, 11) is 0. The number of nitrogens with zero attached hydrogens (tertiary/aromatic N) is 3. The molecule has 3 aliphatic heterocycles. The summed E-state index contributed by atoms with van der Waals surface area (Å²) >= 11 is 1.62. The van der Waals surface area contributed by atoms with Gasteiger partial charge in [0.1, 0.15) is 6.04 Å². The molecule has 2 unspecified atom stereocenters. The maximum absolute atomic E-state index is 15.0. The first kappa shape index (κ1) is 34.8. The van der Waals surface area contributed by atoms with Crippen molar-refractivity contribution in [3.63, 3.8) is 0 Å². The number of hydrogen-bond acceptors (Lipinski definition) is 7. The van der Waals surface area contributed by atoms with Crippen LogP contribution in [0.1, 0.15) is 51.5 Å². The maximum atomic E-state index is 15.0. The minimum Gasteiger partial charge on any atom is -0.465 e. The molecular formula is C38H49N3O5S. The van der Waals surface area contributed by atoms with Crippen molar-refractivity contribution in [2.45, 2.75) is 74.5 Å². The Bertz CT molecular complexity index is 1410. The van der Waals surface area contributed by atoms with Gasteiger partial charge in [-0.2, -0.15) is 0 Å². The van der Waals surface area contributed by atoms with Gasteiger partial charge in [0, 0.05) is 36.3 Å². The van der Waals surface area contributed by atoms with Gasteiger partial charge in [-0.3, -0.25) is 14.4 Å². The van der Waals surface area contributed by atoms with Crippen LogP contribution in [-0.2, 0) is 25.5 Å². The number of hydrogen-bond donors (Lipinski definition) is 1. The van der Waals surface area contributed by atoms with Gasteiger partial charge in [0.15, 0.2) is 0 Å². The summed E-state index contributed by atoms with van der Waals surface area (Å²) in [5.41, 5.74) is 2.75. The van der Waals surface area contributed by atoms with Crippen LogP contribution < -0.4 is 9.80 Å². The van der Waals surface area contributed by atoms with E-state index in [0.717, 1.165) is 55.7 Å². The second-order valence-electron chi connectivity index (χ2n) is 12.7. The zero-order valence-corrected chi connectivity index (χ0v) is 28.6. The molecule has 1 spiro atoms. The van der Waals surface area contributed by atoms with Crippen LogP contribution in [0, 0.1) is 11.8 Å².